The highest BCUT2D eigenvalue weighted by Crippen LogP contribution is 2.25. The fourth-order valence-corrected chi connectivity index (χ4v) is 2.58. The van der Waals surface area contributed by atoms with E-state index in [4.69, 9.17) is 5.73 Å². The third-order valence-electron chi connectivity index (χ3n) is 3.65. The van der Waals surface area contributed by atoms with Crippen molar-refractivity contribution in [3.63, 3.8) is 0 Å². The molecule has 3 rings (SSSR count). The Balaban J connectivity index is 1.85. The zero-order valence-electron chi connectivity index (χ0n) is 9.84. The van der Waals surface area contributed by atoms with Crippen molar-refractivity contribution >= 4 is 5.65 Å². The Morgan fingerprint density at radius 2 is 2.35 bits per heavy atom. The number of rotatable bonds is 2. The van der Waals surface area contributed by atoms with Crippen LogP contribution in [0.5, 0.6) is 0 Å². The molecule has 1 aliphatic heterocycles. The average Bonchev–Trinajstić information content (AvgIpc) is 2.83. The Kier molecular flexibility index (Phi) is 2.82. The minimum Gasteiger partial charge on any atom is -0.330 e. The number of nitrogens with two attached hydrogens (primary N) is 1. The maximum atomic E-state index is 5.70. The number of imidazole rings is 1. The first-order chi connectivity index (χ1) is 8.38. The summed E-state index contributed by atoms with van der Waals surface area (Å²) in [4.78, 5) is 4.43. The normalized spacial score (nSPS) is 25.2. The van der Waals surface area contributed by atoms with Crippen LogP contribution in [0.3, 0.4) is 0 Å². The molecule has 3 N–H and O–H groups in total. The van der Waals surface area contributed by atoms with E-state index in [1.54, 1.807) is 0 Å². The van der Waals surface area contributed by atoms with Crippen molar-refractivity contribution in [2.45, 2.75) is 18.9 Å². The monoisotopic (exact) mass is 230 g/mol. The Bertz CT molecular complexity index is 497. The first-order valence-corrected chi connectivity index (χ1v) is 6.24. The van der Waals surface area contributed by atoms with Crippen LogP contribution in [-0.2, 0) is 0 Å². The van der Waals surface area contributed by atoms with Gasteiger partial charge in [-0.3, -0.25) is 0 Å². The first kappa shape index (κ1) is 10.7. The van der Waals surface area contributed by atoms with E-state index in [9.17, 15) is 0 Å². The number of nitrogens with zero attached hydrogens (tertiary/aromatic N) is 2. The summed E-state index contributed by atoms with van der Waals surface area (Å²) in [7, 11) is 0. The molecule has 0 saturated carbocycles. The second-order valence-corrected chi connectivity index (χ2v) is 4.75. The summed E-state index contributed by atoms with van der Waals surface area (Å²) >= 11 is 0. The summed E-state index contributed by atoms with van der Waals surface area (Å²) in [5.41, 5.74) is 7.98. The molecular formula is C13H18N4. The van der Waals surface area contributed by atoms with E-state index in [0.29, 0.717) is 12.0 Å². The molecule has 17 heavy (non-hydrogen) atoms. The van der Waals surface area contributed by atoms with Gasteiger partial charge in [-0.1, -0.05) is 6.07 Å². The van der Waals surface area contributed by atoms with Crippen molar-refractivity contribution in [2.24, 2.45) is 11.7 Å². The topological polar surface area (TPSA) is 55.3 Å². The van der Waals surface area contributed by atoms with Gasteiger partial charge in [0.15, 0.2) is 0 Å². The van der Waals surface area contributed by atoms with E-state index in [-0.39, 0.29) is 0 Å². The van der Waals surface area contributed by atoms with Gasteiger partial charge in [0, 0.05) is 12.2 Å². The number of nitrogens with one attached hydrogen (secondary N) is 1. The number of pyridine rings is 1. The van der Waals surface area contributed by atoms with Crippen LogP contribution in [0.15, 0.2) is 30.6 Å². The standard InChI is InChI=1S/C13H18N4/c14-7-10-4-5-11(15-8-10)12-9-16-13-3-1-2-6-17(12)13/h1-3,6,9-11,15H,4-5,7-8,14H2. The molecule has 0 aromatic carbocycles. The molecule has 4 heteroatoms. The van der Waals surface area contributed by atoms with E-state index in [2.05, 4.69) is 20.9 Å². The molecule has 0 bridgehead atoms. The molecule has 4 nitrogen and oxygen atoms in total. The predicted molar refractivity (Wildman–Crippen MR) is 67.7 cm³/mol. The SMILES string of the molecule is NCC1CCC(c2cnc3ccccn23)NC1. The minimum atomic E-state index is 0.412. The highest BCUT2D eigenvalue weighted by atomic mass is 15.1. The number of aromatic nitrogens is 2. The summed E-state index contributed by atoms with van der Waals surface area (Å²) < 4.78 is 2.17. The summed E-state index contributed by atoms with van der Waals surface area (Å²) in [5, 5.41) is 3.57. The Labute approximate surface area is 101 Å². The Morgan fingerprint density at radius 1 is 1.41 bits per heavy atom. The van der Waals surface area contributed by atoms with Gasteiger partial charge < -0.3 is 15.5 Å². The highest BCUT2D eigenvalue weighted by Gasteiger charge is 2.22. The molecule has 2 atom stereocenters. The lowest BCUT2D eigenvalue weighted by Gasteiger charge is -2.28. The van der Waals surface area contributed by atoms with E-state index in [1.165, 1.54) is 12.1 Å². The lowest BCUT2D eigenvalue weighted by atomic mass is 9.93. The molecule has 0 amide bonds. The maximum absolute atomic E-state index is 5.70. The maximum Gasteiger partial charge on any atom is 0.136 e. The van der Waals surface area contributed by atoms with Gasteiger partial charge in [-0.25, -0.2) is 4.98 Å². The smallest absolute Gasteiger partial charge is 0.136 e. The van der Waals surface area contributed by atoms with E-state index < -0.39 is 0 Å². The van der Waals surface area contributed by atoms with Gasteiger partial charge in [0.05, 0.1) is 11.9 Å². The van der Waals surface area contributed by atoms with Gasteiger partial charge in [-0.05, 0) is 44.0 Å². The number of hydrogen-bond donors (Lipinski definition) is 2. The Morgan fingerprint density at radius 3 is 3.12 bits per heavy atom. The molecule has 1 aliphatic rings. The van der Waals surface area contributed by atoms with Crippen molar-refractivity contribution < 1.29 is 0 Å². The van der Waals surface area contributed by atoms with Crippen LogP contribution < -0.4 is 11.1 Å². The van der Waals surface area contributed by atoms with E-state index in [1.807, 2.05) is 24.4 Å². The van der Waals surface area contributed by atoms with E-state index in [0.717, 1.165) is 25.2 Å². The summed E-state index contributed by atoms with van der Waals surface area (Å²) in [6.07, 6.45) is 6.41. The predicted octanol–water partition coefficient (Wildman–Crippen LogP) is 1.33. The van der Waals surface area contributed by atoms with Crippen LogP contribution >= 0.6 is 0 Å². The molecule has 1 saturated heterocycles. The fourth-order valence-electron chi connectivity index (χ4n) is 2.58. The van der Waals surface area contributed by atoms with Crippen LogP contribution in [0.4, 0.5) is 0 Å². The minimum absolute atomic E-state index is 0.412. The van der Waals surface area contributed by atoms with Gasteiger partial charge in [0.1, 0.15) is 5.65 Å². The molecule has 2 unspecified atom stereocenters. The van der Waals surface area contributed by atoms with Crippen molar-refractivity contribution in [1.82, 2.24) is 14.7 Å². The molecule has 2 aromatic rings. The van der Waals surface area contributed by atoms with Crippen molar-refractivity contribution in [3.8, 4) is 0 Å². The van der Waals surface area contributed by atoms with Crippen LogP contribution in [0, 0.1) is 5.92 Å². The summed E-state index contributed by atoms with van der Waals surface area (Å²) in [6, 6.07) is 6.51. The van der Waals surface area contributed by atoms with Crippen LogP contribution in [0.25, 0.3) is 5.65 Å². The number of piperidine rings is 1. The number of hydrogen-bond acceptors (Lipinski definition) is 3. The average molecular weight is 230 g/mol. The molecular weight excluding hydrogens is 212 g/mol. The molecule has 0 aliphatic carbocycles. The van der Waals surface area contributed by atoms with E-state index >= 15 is 0 Å². The molecule has 0 radical (unpaired) electrons. The zero-order valence-corrected chi connectivity index (χ0v) is 9.84. The lowest BCUT2D eigenvalue weighted by Crippen LogP contribution is -2.36. The third kappa shape index (κ3) is 1.94. The second kappa shape index (κ2) is 4.47. The molecule has 1 fully saturated rings. The molecule has 90 valence electrons. The third-order valence-corrected chi connectivity index (χ3v) is 3.65. The summed E-state index contributed by atoms with van der Waals surface area (Å²) in [5.74, 6) is 0.630. The second-order valence-electron chi connectivity index (χ2n) is 4.75. The lowest BCUT2D eigenvalue weighted by molar-refractivity contribution is 0.315. The van der Waals surface area contributed by atoms with Crippen LogP contribution in [0.2, 0.25) is 0 Å². The molecule has 0 spiro atoms. The number of fused-ring (bicyclic) bond motifs is 1. The first-order valence-electron chi connectivity index (χ1n) is 6.24. The van der Waals surface area contributed by atoms with Gasteiger partial charge in [0.2, 0.25) is 0 Å². The van der Waals surface area contributed by atoms with Gasteiger partial charge >= 0.3 is 0 Å². The quantitative estimate of drug-likeness (QED) is 0.818. The molecule has 2 aromatic heterocycles. The van der Waals surface area contributed by atoms with Crippen molar-refractivity contribution in [1.29, 1.82) is 0 Å². The van der Waals surface area contributed by atoms with Crippen LogP contribution in [-0.4, -0.2) is 22.5 Å². The molecule has 3 heterocycles. The van der Waals surface area contributed by atoms with Crippen molar-refractivity contribution in [3.05, 3.63) is 36.3 Å². The Hall–Kier alpha value is -1.39. The zero-order chi connectivity index (χ0) is 11.7. The highest BCUT2D eigenvalue weighted by molar-refractivity contribution is 5.40. The largest absolute Gasteiger partial charge is 0.330 e. The van der Waals surface area contributed by atoms with Crippen molar-refractivity contribution in [2.75, 3.05) is 13.1 Å². The van der Waals surface area contributed by atoms with Gasteiger partial charge in [-0.2, -0.15) is 0 Å². The summed E-state index contributed by atoms with van der Waals surface area (Å²) in [6.45, 7) is 1.80. The van der Waals surface area contributed by atoms with Gasteiger partial charge in [-0.15, -0.1) is 0 Å². The van der Waals surface area contributed by atoms with Crippen LogP contribution in [0.1, 0.15) is 24.6 Å². The fraction of sp³-hybridized carbons (Fsp3) is 0.462. The van der Waals surface area contributed by atoms with Gasteiger partial charge in [0.25, 0.3) is 0 Å².